The van der Waals surface area contributed by atoms with E-state index < -0.39 is 0 Å². The number of H-pyrrole nitrogens is 1. The van der Waals surface area contributed by atoms with Crippen LogP contribution in [0.3, 0.4) is 0 Å². The maximum Gasteiger partial charge on any atom is 0.255 e. The molecule has 0 unspecified atom stereocenters. The molecular weight excluding hydrogens is 206 g/mol. The summed E-state index contributed by atoms with van der Waals surface area (Å²) in [7, 11) is 0. The highest BCUT2D eigenvalue weighted by molar-refractivity contribution is 5.93. The van der Waals surface area contributed by atoms with Crippen molar-refractivity contribution in [2.24, 2.45) is 0 Å². The Kier molecular flexibility index (Phi) is 4.28. The number of nitrogens with zero attached hydrogens (tertiary/aromatic N) is 2. The minimum atomic E-state index is -0.239. The Bertz CT molecular complexity index is 439. The van der Waals surface area contributed by atoms with Crippen molar-refractivity contribution < 1.29 is 4.79 Å². The second-order valence-electron chi connectivity index (χ2n) is 3.23. The quantitative estimate of drug-likeness (QED) is 0.811. The molecule has 0 bridgehead atoms. The van der Waals surface area contributed by atoms with Crippen LogP contribution in [0.2, 0.25) is 0 Å². The third kappa shape index (κ3) is 2.95. The number of amides is 1. The Hall–Kier alpha value is -2.09. The van der Waals surface area contributed by atoms with E-state index in [1.54, 1.807) is 4.90 Å². The Morgan fingerprint density at radius 1 is 1.56 bits per heavy atom. The summed E-state index contributed by atoms with van der Waals surface area (Å²) >= 11 is 0. The fourth-order valence-electron chi connectivity index (χ4n) is 1.31. The van der Waals surface area contributed by atoms with Gasteiger partial charge in [-0.25, -0.2) is 0 Å². The number of aromatic nitrogens is 1. The lowest BCUT2D eigenvalue weighted by Gasteiger charge is -2.19. The second kappa shape index (κ2) is 5.71. The fourth-order valence-corrected chi connectivity index (χ4v) is 1.31. The molecule has 0 aliphatic rings. The van der Waals surface area contributed by atoms with Gasteiger partial charge in [0.05, 0.1) is 18.1 Å². The smallest absolute Gasteiger partial charge is 0.255 e. The van der Waals surface area contributed by atoms with Gasteiger partial charge in [0.25, 0.3) is 5.91 Å². The first-order chi connectivity index (χ1) is 7.69. The first-order valence-corrected chi connectivity index (χ1v) is 5.04. The average molecular weight is 219 g/mol. The van der Waals surface area contributed by atoms with E-state index in [-0.39, 0.29) is 11.5 Å². The normalized spacial score (nSPS) is 9.50. The van der Waals surface area contributed by atoms with Crippen molar-refractivity contribution in [1.82, 2.24) is 9.88 Å². The summed E-state index contributed by atoms with van der Waals surface area (Å²) < 4.78 is 0. The van der Waals surface area contributed by atoms with Crippen LogP contribution in [0.15, 0.2) is 23.1 Å². The minimum absolute atomic E-state index is 0.172. The third-order valence-electron chi connectivity index (χ3n) is 2.19. The summed E-state index contributed by atoms with van der Waals surface area (Å²) in [5.74, 6) is -0.172. The van der Waals surface area contributed by atoms with Gasteiger partial charge in [0.1, 0.15) is 0 Å². The lowest BCUT2D eigenvalue weighted by molar-refractivity contribution is 0.0767. The van der Waals surface area contributed by atoms with Crippen LogP contribution in [-0.4, -0.2) is 28.9 Å². The third-order valence-corrected chi connectivity index (χ3v) is 2.19. The van der Waals surface area contributed by atoms with Crippen LogP contribution < -0.4 is 5.56 Å². The van der Waals surface area contributed by atoms with Gasteiger partial charge in [0, 0.05) is 25.4 Å². The van der Waals surface area contributed by atoms with E-state index in [4.69, 9.17) is 5.26 Å². The molecular formula is C11H13N3O2. The zero-order chi connectivity index (χ0) is 12.0. The molecule has 1 aromatic rings. The second-order valence-corrected chi connectivity index (χ2v) is 3.23. The molecule has 5 nitrogen and oxygen atoms in total. The Balaban J connectivity index is 2.79. The summed E-state index contributed by atoms with van der Waals surface area (Å²) in [5, 5.41) is 8.46. The van der Waals surface area contributed by atoms with Crippen molar-refractivity contribution in [3.05, 3.63) is 34.2 Å². The van der Waals surface area contributed by atoms with Gasteiger partial charge in [-0.3, -0.25) is 9.59 Å². The Morgan fingerprint density at radius 2 is 2.31 bits per heavy atom. The molecule has 1 aromatic heterocycles. The molecule has 0 aliphatic heterocycles. The number of hydrogen-bond donors (Lipinski definition) is 1. The number of rotatable bonds is 4. The highest BCUT2D eigenvalue weighted by atomic mass is 16.2. The predicted molar refractivity (Wildman–Crippen MR) is 58.9 cm³/mol. The van der Waals surface area contributed by atoms with Crippen LogP contribution in [-0.2, 0) is 0 Å². The van der Waals surface area contributed by atoms with Gasteiger partial charge in [-0.15, -0.1) is 0 Å². The molecule has 0 aliphatic carbocycles. The van der Waals surface area contributed by atoms with Crippen LogP contribution in [0.25, 0.3) is 0 Å². The van der Waals surface area contributed by atoms with Crippen molar-refractivity contribution in [3.63, 3.8) is 0 Å². The van der Waals surface area contributed by atoms with Gasteiger partial charge in [-0.05, 0) is 13.0 Å². The van der Waals surface area contributed by atoms with Crippen LogP contribution in [0.5, 0.6) is 0 Å². The molecule has 0 radical (unpaired) electrons. The molecule has 84 valence electrons. The lowest BCUT2D eigenvalue weighted by atomic mass is 10.2. The molecule has 16 heavy (non-hydrogen) atoms. The van der Waals surface area contributed by atoms with Crippen molar-refractivity contribution in [2.45, 2.75) is 13.3 Å². The number of carbonyl (C=O) groups excluding carboxylic acids is 1. The molecule has 0 spiro atoms. The van der Waals surface area contributed by atoms with E-state index in [9.17, 15) is 9.59 Å². The standard InChI is InChI=1S/C11H13N3O2/c1-2-14(7-3-6-12)11(16)9-4-5-10(15)13-8-9/h4-5,8H,2-3,7H2,1H3,(H,13,15). The van der Waals surface area contributed by atoms with E-state index in [0.29, 0.717) is 25.1 Å². The number of nitriles is 1. The lowest BCUT2D eigenvalue weighted by Crippen LogP contribution is -2.32. The monoisotopic (exact) mass is 219 g/mol. The summed E-state index contributed by atoms with van der Waals surface area (Å²) in [6.45, 7) is 2.80. The highest BCUT2D eigenvalue weighted by Gasteiger charge is 2.13. The average Bonchev–Trinajstić information content (AvgIpc) is 2.30. The molecule has 1 rings (SSSR count). The zero-order valence-electron chi connectivity index (χ0n) is 9.06. The molecule has 1 N–H and O–H groups in total. The maximum atomic E-state index is 11.9. The first kappa shape index (κ1) is 12.0. The summed E-state index contributed by atoms with van der Waals surface area (Å²) in [6.07, 6.45) is 1.70. The summed E-state index contributed by atoms with van der Waals surface area (Å²) in [6, 6.07) is 4.79. The van der Waals surface area contributed by atoms with Gasteiger partial charge in [-0.1, -0.05) is 0 Å². The largest absolute Gasteiger partial charge is 0.338 e. The van der Waals surface area contributed by atoms with Crippen molar-refractivity contribution in [1.29, 1.82) is 5.26 Å². The minimum Gasteiger partial charge on any atom is -0.338 e. The van der Waals surface area contributed by atoms with Crippen LogP contribution in [0.1, 0.15) is 23.7 Å². The van der Waals surface area contributed by atoms with Crippen molar-refractivity contribution >= 4 is 5.91 Å². The molecule has 0 saturated heterocycles. The number of nitrogens with one attached hydrogen (secondary N) is 1. The Morgan fingerprint density at radius 3 is 2.81 bits per heavy atom. The number of aromatic amines is 1. The molecule has 1 heterocycles. The molecule has 1 amide bonds. The fraction of sp³-hybridized carbons (Fsp3) is 0.364. The molecule has 0 aromatic carbocycles. The number of carbonyl (C=O) groups is 1. The van der Waals surface area contributed by atoms with Crippen molar-refractivity contribution in [3.8, 4) is 6.07 Å². The van der Waals surface area contributed by atoms with Gasteiger partial charge in [0.2, 0.25) is 5.56 Å². The SMILES string of the molecule is CCN(CCC#N)C(=O)c1ccc(=O)[nH]c1. The molecule has 0 saturated carbocycles. The van der Waals surface area contributed by atoms with Crippen molar-refractivity contribution in [2.75, 3.05) is 13.1 Å². The van der Waals surface area contributed by atoms with Crippen LogP contribution in [0, 0.1) is 11.3 Å². The zero-order valence-corrected chi connectivity index (χ0v) is 9.06. The van der Waals surface area contributed by atoms with E-state index in [2.05, 4.69) is 4.98 Å². The molecule has 0 fully saturated rings. The van der Waals surface area contributed by atoms with Gasteiger partial charge in [0.15, 0.2) is 0 Å². The maximum absolute atomic E-state index is 11.9. The number of pyridine rings is 1. The highest BCUT2D eigenvalue weighted by Crippen LogP contribution is 2.02. The van der Waals surface area contributed by atoms with E-state index in [0.717, 1.165) is 0 Å². The van der Waals surface area contributed by atoms with Gasteiger partial charge in [-0.2, -0.15) is 5.26 Å². The topological polar surface area (TPSA) is 77.0 Å². The van der Waals surface area contributed by atoms with E-state index in [1.165, 1.54) is 18.3 Å². The van der Waals surface area contributed by atoms with Crippen LogP contribution >= 0.6 is 0 Å². The van der Waals surface area contributed by atoms with Gasteiger partial charge < -0.3 is 9.88 Å². The van der Waals surface area contributed by atoms with Gasteiger partial charge >= 0.3 is 0 Å². The first-order valence-electron chi connectivity index (χ1n) is 5.04. The number of hydrogen-bond acceptors (Lipinski definition) is 3. The van der Waals surface area contributed by atoms with E-state index >= 15 is 0 Å². The van der Waals surface area contributed by atoms with E-state index in [1.807, 2.05) is 13.0 Å². The van der Waals surface area contributed by atoms with Crippen LogP contribution in [0.4, 0.5) is 0 Å². The molecule has 0 atom stereocenters. The molecule has 5 heteroatoms. The Labute approximate surface area is 93.3 Å². The summed E-state index contributed by atoms with van der Waals surface area (Å²) in [4.78, 5) is 26.7. The summed E-state index contributed by atoms with van der Waals surface area (Å²) in [5.41, 5.74) is 0.191. The predicted octanol–water partition coefficient (Wildman–Crippen LogP) is 0.751.